The van der Waals surface area contributed by atoms with Gasteiger partial charge in [-0.25, -0.2) is 15.0 Å². The van der Waals surface area contributed by atoms with Crippen molar-refractivity contribution in [3.8, 4) is 0 Å². The van der Waals surface area contributed by atoms with E-state index in [0.29, 0.717) is 0 Å². The molecule has 0 aliphatic heterocycles. The van der Waals surface area contributed by atoms with E-state index in [2.05, 4.69) is 35.7 Å². The zero-order valence-electron chi connectivity index (χ0n) is 8.13. The van der Waals surface area contributed by atoms with Crippen molar-refractivity contribution >= 4 is 0 Å². The molecule has 1 heterocycles. The number of rotatable bonds is 1. The van der Waals surface area contributed by atoms with Crippen molar-refractivity contribution in [1.82, 2.24) is 15.0 Å². The van der Waals surface area contributed by atoms with Crippen LogP contribution >= 0.6 is 0 Å². The molecule has 0 aromatic carbocycles. The lowest BCUT2D eigenvalue weighted by Gasteiger charge is -2.15. The molecule has 0 saturated carbocycles. The van der Waals surface area contributed by atoms with Gasteiger partial charge in [-0.15, -0.1) is 0 Å². The van der Waals surface area contributed by atoms with Crippen LogP contribution in [0.2, 0.25) is 0 Å². The van der Waals surface area contributed by atoms with Crippen LogP contribution in [0.1, 0.15) is 39.3 Å². The fraction of sp³-hybridized carbons (Fsp3) is 0.667. The summed E-state index contributed by atoms with van der Waals surface area (Å²) in [5.74, 6) is 1.74. The van der Waals surface area contributed by atoms with Crippen molar-refractivity contribution in [3.63, 3.8) is 0 Å². The molecule has 0 bridgehead atoms. The molecule has 1 aromatic heterocycles. The Morgan fingerprint density at radius 1 is 1.25 bits per heavy atom. The molecule has 3 nitrogen and oxygen atoms in total. The predicted octanol–water partition coefficient (Wildman–Crippen LogP) is 1.73. The van der Waals surface area contributed by atoms with Crippen LogP contribution in [0.25, 0.3) is 0 Å². The smallest absolute Gasteiger partial charge is 0.137 e. The lowest BCUT2D eigenvalue weighted by Crippen LogP contribution is -2.17. The van der Waals surface area contributed by atoms with E-state index < -0.39 is 0 Å². The molecular weight excluding hydrogens is 150 g/mol. The summed E-state index contributed by atoms with van der Waals surface area (Å²) in [6.07, 6.45) is 2.46. The predicted molar refractivity (Wildman–Crippen MR) is 47.9 cm³/mol. The summed E-state index contributed by atoms with van der Waals surface area (Å²) in [5.41, 5.74) is 0.0207. The van der Waals surface area contributed by atoms with E-state index in [4.69, 9.17) is 0 Å². The van der Waals surface area contributed by atoms with Crippen LogP contribution in [0.15, 0.2) is 6.33 Å². The summed E-state index contributed by atoms with van der Waals surface area (Å²) in [7, 11) is 0. The third-order valence-electron chi connectivity index (χ3n) is 1.61. The van der Waals surface area contributed by atoms with Crippen molar-refractivity contribution in [1.29, 1.82) is 0 Å². The molecule has 0 aliphatic carbocycles. The number of hydrogen-bond acceptors (Lipinski definition) is 3. The highest BCUT2D eigenvalue weighted by Gasteiger charge is 2.17. The van der Waals surface area contributed by atoms with Crippen LogP contribution in [0.5, 0.6) is 0 Å². The molecule has 0 N–H and O–H groups in total. The minimum absolute atomic E-state index is 0.0207. The Bertz CT molecular complexity index is 263. The van der Waals surface area contributed by atoms with E-state index in [-0.39, 0.29) is 5.41 Å². The number of hydrogen-bond donors (Lipinski definition) is 0. The Kier molecular flexibility index (Phi) is 2.40. The van der Waals surface area contributed by atoms with Crippen LogP contribution in [0.3, 0.4) is 0 Å². The Hall–Kier alpha value is -0.990. The summed E-state index contributed by atoms with van der Waals surface area (Å²) in [4.78, 5) is 12.5. The maximum absolute atomic E-state index is 4.34. The van der Waals surface area contributed by atoms with E-state index in [9.17, 15) is 0 Å². The van der Waals surface area contributed by atoms with E-state index in [1.807, 2.05) is 6.92 Å². The van der Waals surface area contributed by atoms with Gasteiger partial charge in [0.05, 0.1) is 0 Å². The fourth-order valence-corrected chi connectivity index (χ4v) is 0.862. The molecule has 0 radical (unpaired) electrons. The van der Waals surface area contributed by atoms with Gasteiger partial charge in [-0.05, 0) is 0 Å². The van der Waals surface area contributed by atoms with E-state index in [1.165, 1.54) is 0 Å². The largest absolute Gasteiger partial charge is 0.221 e. The van der Waals surface area contributed by atoms with E-state index in [1.54, 1.807) is 6.33 Å². The molecule has 1 aromatic rings. The van der Waals surface area contributed by atoms with Gasteiger partial charge in [0, 0.05) is 11.8 Å². The first-order chi connectivity index (χ1) is 5.54. The van der Waals surface area contributed by atoms with E-state index >= 15 is 0 Å². The maximum Gasteiger partial charge on any atom is 0.137 e. The topological polar surface area (TPSA) is 38.7 Å². The van der Waals surface area contributed by atoms with Gasteiger partial charge in [0.15, 0.2) is 0 Å². The molecule has 0 spiro atoms. The number of nitrogens with zero attached hydrogens (tertiary/aromatic N) is 3. The normalized spacial score (nSPS) is 11.7. The van der Waals surface area contributed by atoms with Crippen molar-refractivity contribution in [3.05, 3.63) is 18.0 Å². The van der Waals surface area contributed by atoms with Crippen molar-refractivity contribution in [2.24, 2.45) is 0 Å². The number of aryl methyl sites for hydroxylation is 1. The van der Waals surface area contributed by atoms with E-state index in [0.717, 1.165) is 18.1 Å². The second-order valence-electron chi connectivity index (χ2n) is 3.83. The Morgan fingerprint density at radius 2 is 1.92 bits per heavy atom. The standard InChI is InChI=1S/C9H15N3/c1-5-7-10-6-11-8(12-7)9(2,3)4/h6H,5H2,1-4H3. The average Bonchev–Trinajstić information content (AvgIpc) is 2.03. The summed E-state index contributed by atoms with van der Waals surface area (Å²) in [6, 6.07) is 0. The van der Waals surface area contributed by atoms with Gasteiger partial charge in [-0.2, -0.15) is 0 Å². The monoisotopic (exact) mass is 165 g/mol. The van der Waals surface area contributed by atoms with Crippen LogP contribution in [-0.2, 0) is 11.8 Å². The summed E-state index contributed by atoms with van der Waals surface area (Å²) >= 11 is 0. The van der Waals surface area contributed by atoms with Gasteiger partial charge in [0.2, 0.25) is 0 Å². The molecule has 0 aliphatic rings. The third kappa shape index (κ3) is 2.00. The van der Waals surface area contributed by atoms with Crippen molar-refractivity contribution < 1.29 is 0 Å². The quantitative estimate of drug-likeness (QED) is 0.636. The average molecular weight is 165 g/mol. The van der Waals surface area contributed by atoms with Gasteiger partial charge in [0.25, 0.3) is 0 Å². The zero-order valence-corrected chi connectivity index (χ0v) is 8.13. The molecule has 1 rings (SSSR count). The second kappa shape index (κ2) is 3.17. The maximum atomic E-state index is 4.34. The fourth-order valence-electron chi connectivity index (χ4n) is 0.862. The Labute approximate surface area is 73.3 Å². The molecule has 0 amide bonds. The minimum Gasteiger partial charge on any atom is -0.221 e. The SMILES string of the molecule is CCc1ncnc(C(C)(C)C)n1. The summed E-state index contributed by atoms with van der Waals surface area (Å²) in [5, 5.41) is 0. The third-order valence-corrected chi connectivity index (χ3v) is 1.61. The minimum atomic E-state index is 0.0207. The molecule has 12 heavy (non-hydrogen) atoms. The molecule has 0 fully saturated rings. The van der Waals surface area contributed by atoms with Gasteiger partial charge in [0.1, 0.15) is 18.0 Å². The van der Waals surface area contributed by atoms with Crippen LogP contribution < -0.4 is 0 Å². The molecule has 0 unspecified atom stereocenters. The highest BCUT2D eigenvalue weighted by Crippen LogP contribution is 2.16. The van der Waals surface area contributed by atoms with Gasteiger partial charge < -0.3 is 0 Å². The van der Waals surface area contributed by atoms with Crippen LogP contribution in [-0.4, -0.2) is 15.0 Å². The van der Waals surface area contributed by atoms with Gasteiger partial charge in [-0.3, -0.25) is 0 Å². The molecule has 0 saturated heterocycles. The van der Waals surface area contributed by atoms with Gasteiger partial charge >= 0.3 is 0 Å². The van der Waals surface area contributed by atoms with Crippen LogP contribution in [0.4, 0.5) is 0 Å². The zero-order chi connectivity index (χ0) is 9.19. The lowest BCUT2D eigenvalue weighted by atomic mass is 9.96. The number of aromatic nitrogens is 3. The Morgan fingerprint density at radius 3 is 2.42 bits per heavy atom. The van der Waals surface area contributed by atoms with Crippen LogP contribution in [0, 0.1) is 0 Å². The lowest BCUT2D eigenvalue weighted by molar-refractivity contribution is 0.536. The summed E-state index contributed by atoms with van der Waals surface area (Å²) < 4.78 is 0. The first-order valence-corrected chi connectivity index (χ1v) is 4.22. The summed E-state index contributed by atoms with van der Waals surface area (Å²) in [6.45, 7) is 8.34. The first-order valence-electron chi connectivity index (χ1n) is 4.22. The highest BCUT2D eigenvalue weighted by atomic mass is 15.0. The molecule has 0 atom stereocenters. The first kappa shape index (κ1) is 9.10. The van der Waals surface area contributed by atoms with Crippen molar-refractivity contribution in [2.45, 2.75) is 39.5 Å². The second-order valence-corrected chi connectivity index (χ2v) is 3.83. The molecular formula is C9H15N3. The van der Waals surface area contributed by atoms with Crippen molar-refractivity contribution in [2.75, 3.05) is 0 Å². The highest BCUT2D eigenvalue weighted by molar-refractivity contribution is 5.01. The molecule has 66 valence electrons. The Balaban J connectivity index is 3.02. The molecule has 3 heteroatoms. The van der Waals surface area contributed by atoms with Gasteiger partial charge in [-0.1, -0.05) is 27.7 Å².